The molecular formula is C17H22F2N2O. The number of urea groups is 1. The first-order valence-electron chi connectivity index (χ1n) is 7.93. The van der Waals surface area contributed by atoms with Gasteiger partial charge in [0.15, 0.2) is 0 Å². The molecule has 1 aromatic rings. The first-order chi connectivity index (χ1) is 10.5. The molecule has 0 saturated heterocycles. The Labute approximate surface area is 129 Å². The minimum Gasteiger partial charge on any atom is -0.338 e. The Hall–Kier alpha value is -1.65. The van der Waals surface area contributed by atoms with Crippen LogP contribution in [-0.4, -0.2) is 24.5 Å². The van der Waals surface area contributed by atoms with Crippen LogP contribution >= 0.6 is 0 Å². The molecule has 120 valence electrons. The topological polar surface area (TPSA) is 41.1 Å². The first-order valence-corrected chi connectivity index (χ1v) is 7.93. The number of rotatable bonds is 5. The second-order valence-corrected chi connectivity index (χ2v) is 6.57. The van der Waals surface area contributed by atoms with E-state index in [9.17, 15) is 13.6 Å². The van der Waals surface area contributed by atoms with Crippen LogP contribution in [-0.2, 0) is 0 Å². The average molecular weight is 308 g/mol. The fraction of sp³-hybridized carbons (Fsp3) is 0.588. The average Bonchev–Trinajstić information content (AvgIpc) is 3.02. The van der Waals surface area contributed by atoms with Gasteiger partial charge in [-0.25, -0.2) is 13.6 Å². The molecule has 2 aliphatic carbocycles. The highest BCUT2D eigenvalue weighted by molar-refractivity contribution is 5.74. The van der Waals surface area contributed by atoms with E-state index >= 15 is 0 Å². The Morgan fingerprint density at radius 3 is 2.64 bits per heavy atom. The molecule has 0 aliphatic heterocycles. The maximum atomic E-state index is 12.7. The minimum absolute atomic E-state index is 0.0307. The van der Waals surface area contributed by atoms with E-state index in [-0.39, 0.29) is 18.5 Å². The number of benzene rings is 1. The van der Waals surface area contributed by atoms with Crippen LogP contribution in [0.15, 0.2) is 24.3 Å². The summed E-state index contributed by atoms with van der Waals surface area (Å²) in [5.41, 5.74) is 2.65. The van der Waals surface area contributed by atoms with Gasteiger partial charge in [0.1, 0.15) is 0 Å². The summed E-state index contributed by atoms with van der Waals surface area (Å²) in [5.74, 6) is -2.52. The third kappa shape index (κ3) is 3.39. The Balaban J connectivity index is 1.34. The standard InChI is InChI=1S/C17H22F2N2O/c1-11-4-2-3-5-15(11)12-8-14(9-12)21-16(22)20-7-6-13-10-17(13,18)19/h2-5,12-14H,6-10H2,1H3,(H2,20,21,22). The summed E-state index contributed by atoms with van der Waals surface area (Å²) < 4.78 is 25.4. The number of carbonyl (C=O) groups excluding carboxylic acids is 1. The highest BCUT2D eigenvalue weighted by Crippen LogP contribution is 2.50. The van der Waals surface area contributed by atoms with E-state index in [1.165, 1.54) is 11.1 Å². The summed E-state index contributed by atoms with van der Waals surface area (Å²) in [5, 5.41) is 5.59. The van der Waals surface area contributed by atoms with E-state index in [0.29, 0.717) is 18.9 Å². The van der Waals surface area contributed by atoms with Gasteiger partial charge in [0, 0.05) is 24.9 Å². The largest absolute Gasteiger partial charge is 0.338 e. The zero-order valence-corrected chi connectivity index (χ0v) is 12.7. The van der Waals surface area contributed by atoms with Crippen LogP contribution in [0.2, 0.25) is 0 Å². The molecule has 0 aromatic heterocycles. The summed E-state index contributed by atoms with van der Waals surface area (Å²) in [6.45, 7) is 2.43. The zero-order chi connectivity index (χ0) is 15.7. The molecule has 3 nitrogen and oxygen atoms in total. The molecule has 2 saturated carbocycles. The Morgan fingerprint density at radius 1 is 1.32 bits per heavy atom. The van der Waals surface area contributed by atoms with Gasteiger partial charge < -0.3 is 10.6 Å². The molecule has 3 rings (SSSR count). The van der Waals surface area contributed by atoms with Gasteiger partial charge in [-0.3, -0.25) is 0 Å². The molecule has 0 heterocycles. The summed E-state index contributed by atoms with van der Waals surface area (Å²) in [6.07, 6.45) is 2.21. The fourth-order valence-electron chi connectivity index (χ4n) is 3.21. The number of hydrogen-bond acceptors (Lipinski definition) is 1. The van der Waals surface area contributed by atoms with Gasteiger partial charge in [-0.1, -0.05) is 24.3 Å². The summed E-state index contributed by atoms with van der Waals surface area (Å²) in [7, 11) is 0. The molecule has 2 amide bonds. The van der Waals surface area contributed by atoms with Crippen molar-refractivity contribution in [2.75, 3.05) is 6.54 Å². The number of hydrogen-bond donors (Lipinski definition) is 2. The quantitative estimate of drug-likeness (QED) is 0.857. The normalized spacial score (nSPS) is 28.6. The van der Waals surface area contributed by atoms with Crippen molar-refractivity contribution in [3.63, 3.8) is 0 Å². The first kappa shape index (κ1) is 15.3. The lowest BCUT2D eigenvalue weighted by atomic mass is 9.74. The van der Waals surface area contributed by atoms with Crippen molar-refractivity contribution in [1.29, 1.82) is 0 Å². The molecule has 1 unspecified atom stereocenters. The lowest BCUT2D eigenvalue weighted by Gasteiger charge is -2.36. The molecule has 5 heteroatoms. The predicted octanol–water partition coefficient (Wildman–Crippen LogP) is 3.59. The maximum absolute atomic E-state index is 12.7. The van der Waals surface area contributed by atoms with Crippen molar-refractivity contribution < 1.29 is 13.6 Å². The molecule has 22 heavy (non-hydrogen) atoms. The van der Waals surface area contributed by atoms with Crippen LogP contribution in [0.25, 0.3) is 0 Å². The maximum Gasteiger partial charge on any atom is 0.315 e. The smallest absolute Gasteiger partial charge is 0.315 e. The lowest BCUT2D eigenvalue weighted by molar-refractivity contribution is 0.0970. The van der Waals surface area contributed by atoms with Gasteiger partial charge in [0.25, 0.3) is 5.92 Å². The number of alkyl halides is 2. The predicted molar refractivity (Wildman–Crippen MR) is 81.1 cm³/mol. The van der Waals surface area contributed by atoms with E-state index in [1.54, 1.807) is 0 Å². The molecule has 0 bridgehead atoms. The number of carbonyl (C=O) groups is 1. The minimum atomic E-state index is -2.49. The van der Waals surface area contributed by atoms with Crippen LogP contribution in [0.5, 0.6) is 0 Å². The van der Waals surface area contributed by atoms with E-state index in [2.05, 4.69) is 29.7 Å². The molecule has 1 atom stereocenters. The molecule has 2 aliphatic rings. The van der Waals surface area contributed by atoms with E-state index < -0.39 is 11.8 Å². The monoisotopic (exact) mass is 308 g/mol. The number of aryl methyl sites for hydroxylation is 1. The summed E-state index contributed by atoms with van der Waals surface area (Å²) in [4.78, 5) is 11.7. The lowest BCUT2D eigenvalue weighted by Crippen LogP contribution is -2.48. The summed E-state index contributed by atoms with van der Waals surface area (Å²) >= 11 is 0. The van der Waals surface area contributed by atoms with Gasteiger partial charge in [-0.15, -0.1) is 0 Å². The van der Waals surface area contributed by atoms with Crippen LogP contribution in [0.4, 0.5) is 13.6 Å². The molecule has 2 N–H and O–H groups in total. The Bertz CT molecular complexity index is 555. The van der Waals surface area contributed by atoms with Gasteiger partial charge in [0.05, 0.1) is 0 Å². The van der Waals surface area contributed by atoms with Crippen molar-refractivity contribution in [2.45, 2.75) is 50.5 Å². The third-order valence-electron chi connectivity index (χ3n) is 4.84. The van der Waals surface area contributed by atoms with Gasteiger partial charge >= 0.3 is 6.03 Å². The molecule has 0 spiro atoms. The van der Waals surface area contributed by atoms with E-state index in [4.69, 9.17) is 0 Å². The molecule has 1 aromatic carbocycles. The zero-order valence-electron chi connectivity index (χ0n) is 12.7. The van der Waals surface area contributed by atoms with Crippen molar-refractivity contribution in [3.05, 3.63) is 35.4 Å². The summed E-state index contributed by atoms with van der Waals surface area (Å²) in [6, 6.07) is 8.28. The molecule has 0 radical (unpaired) electrons. The van der Waals surface area contributed by atoms with E-state index in [1.807, 2.05) is 12.1 Å². The van der Waals surface area contributed by atoms with Crippen molar-refractivity contribution in [1.82, 2.24) is 10.6 Å². The van der Waals surface area contributed by atoms with Crippen LogP contribution in [0, 0.1) is 12.8 Å². The Kier molecular flexibility index (Phi) is 4.06. The number of halogens is 2. The van der Waals surface area contributed by atoms with Crippen LogP contribution in [0.3, 0.4) is 0 Å². The highest BCUT2D eigenvalue weighted by Gasteiger charge is 2.55. The van der Waals surface area contributed by atoms with Gasteiger partial charge in [0.2, 0.25) is 0 Å². The second-order valence-electron chi connectivity index (χ2n) is 6.57. The third-order valence-corrected chi connectivity index (χ3v) is 4.84. The van der Waals surface area contributed by atoms with E-state index in [0.717, 1.165) is 12.8 Å². The van der Waals surface area contributed by atoms with Crippen molar-refractivity contribution >= 4 is 6.03 Å². The molecular weight excluding hydrogens is 286 g/mol. The van der Waals surface area contributed by atoms with Crippen molar-refractivity contribution in [3.8, 4) is 0 Å². The number of nitrogens with one attached hydrogen (secondary N) is 2. The van der Waals surface area contributed by atoms with Crippen molar-refractivity contribution in [2.24, 2.45) is 5.92 Å². The molecule has 2 fully saturated rings. The van der Waals surface area contributed by atoms with Crippen LogP contribution in [0.1, 0.15) is 42.7 Å². The highest BCUT2D eigenvalue weighted by atomic mass is 19.3. The second kappa shape index (κ2) is 5.86. The van der Waals surface area contributed by atoms with Gasteiger partial charge in [-0.2, -0.15) is 0 Å². The Morgan fingerprint density at radius 2 is 2.00 bits per heavy atom. The SMILES string of the molecule is Cc1ccccc1C1CC(NC(=O)NCCC2CC2(F)F)C1. The van der Waals surface area contributed by atoms with Gasteiger partial charge in [-0.05, 0) is 43.2 Å². The van der Waals surface area contributed by atoms with Crippen LogP contribution < -0.4 is 10.6 Å². The fourth-order valence-corrected chi connectivity index (χ4v) is 3.21. The number of amides is 2.